The molecule has 0 amide bonds. The molecule has 2 aromatic carbocycles. The number of phenols is 1. The number of benzene rings is 2. The highest BCUT2D eigenvalue weighted by Crippen LogP contribution is 2.28. The first-order valence-electron chi connectivity index (χ1n) is 7.29. The summed E-state index contributed by atoms with van der Waals surface area (Å²) in [6.07, 6.45) is 1.97. The molecule has 2 aromatic rings. The molecule has 1 aliphatic heterocycles. The van der Waals surface area contributed by atoms with Crippen LogP contribution in [0.2, 0.25) is 0 Å². The zero-order chi connectivity index (χ0) is 14.8. The molecular formula is C17H21N3O. The molecule has 0 atom stereocenters. The normalized spacial score (nSPS) is 14.9. The van der Waals surface area contributed by atoms with E-state index in [9.17, 15) is 5.11 Å². The van der Waals surface area contributed by atoms with E-state index in [2.05, 4.69) is 11.0 Å². The van der Waals surface area contributed by atoms with Gasteiger partial charge in [-0.05, 0) is 53.8 Å². The van der Waals surface area contributed by atoms with Crippen molar-refractivity contribution in [3.63, 3.8) is 0 Å². The highest BCUT2D eigenvalue weighted by atomic mass is 16.3. The zero-order valence-corrected chi connectivity index (χ0v) is 12.0. The summed E-state index contributed by atoms with van der Waals surface area (Å²) in [7, 11) is 0. The number of nitrogens with two attached hydrogens (primary N) is 2. The molecule has 0 saturated heterocycles. The minimum Gasteiger partial charge on any atom is -0.506 e. The molecule has 0 aromatic heterocycles. The van der Waals surface area contributed by atoms with Gasteiger partial charge in [0, 0.05) is 25.3 Å². The van der Waals surface area contributed by atoms with Crippen molar-refractivity contribution in [2.24, 2.45) is 0 Å². The van der Waals surface area contributed by atoms with E-state index in [1.807, 2.05) is 24.3 Å². The Bertz CT molecular complexity index is 654. The zero-order valence-electron chi connectivity index (χ0n) is 12.0. The molecule has 0 aliphatic carbocycles. The number of hydrogen-bond donors (Lipinski definition) is 3. The Kier molecular flexibility index (Phi) is 3.71. The van der Waals surface area contributed by atoms with Crippen LogP contribution >= 0.6 is 0 Å². The Morgan fingerprint density at radius 1 is 1.10 bits per heavy atom. The molecule has 0 spiro atoms. The third-order valence-corrected chi connectivity index (χ3v) is 4.11. The lowest BCUT2D eigenvalue weighted by Gasteiger charge is -2.29. The molecule has 3 rings (SSSR count). The maximum atomic E-state index is 9.74. The number of nitrogens with zero attached hydrogens (tertiary/aromatic N) is 1. The van der Waals surface area contributed by atoms with Crippen LogP contribution in [-0.2, 0) is 19.4 Å². The molecule has 21 heavy (non-hydrogen) atoms. The van der Waals surface area contributed by atoms with Crippen LogP contribution in [0.3, 0.4) is 0 Å². The van der Waals surface area contributed by atoms with E-state index < -0.39 is 0 Å². The highest BCUT2D eigenvalue weighted by molar-refractivity contribution is 5.56. The number of fused-ring (bicyclic) bond motifs is 1. The van der Waals surface area contributed by atoms with Gasteiger partial charge in [-0.15, -0.1) is 0 Å². The number of aromatic hydroxyl groups is 1. The van der Waals surface area contributed by atoms with Crippen LogP contribution in [0, 0.1) is 0 Å². The van der Waals surface area contributed by atoms with Crippen molar-refractivity contribution in [1.82, 2.24) is 4.90 Å². The summed E-state index contributed by atoms with van der Waals surface area (Å²) in [6, 6.07) is 11.8. The Morgan fingerprint density at radius 3 is 2.76 bits per heavy atom. The molecule has 0 unspecified atom stereocenters. The van der Waals surface area contributed by atoms with Gasteiger partial charge in [0.15, 0.2) is 0 Å². The predicted octanol–water partition coefficient (Wildman–Crippen LogP) is 2.16. The van der Waals surface area contributed by atoms with E-state index in [4.69, 9.17) is 11.5 Å². The topological polar surface area (TPSA) is 75.5 Å². The minimum atomic E-state index is 0.187. The lowest BCUT2D eigenvalue weighted by atomic mass is 9.98. The largest absolute Gasteiger partial charge is 0.506 e. The van der Waals surface area contributed by atoms with Crippen molar-refractivity contribution < 1.29 is 5.11 Å². The van der Waals surface area contributed by atoms with Gasteiger partial charge < -0.3 is 16.6 Å². The molecule has 5 N–H and O–H groups in total. The van der Waals surface area contributed by atoms with Crippen LogP contribution in [0.1, 0.15) is 16.7 Å². The van der Waals surface area contributed by atoms with Gasteiger partial charge in [0.25, 0.3) is 0 Å². The Hall–Kier alpha value is -2.20. The van der Waals surface area contributed by atoms with Gasteiger partial charge in [0.05, 0.1) is 5.69 Å². The van der Waals surface area contributed by atoms with E-state index in [-0.39, 0.29) is 5.75 Å². The van der Waals surface area contributed by atoms with E-state index in [0.29, 0.717) is 5.69 Å². The second-order valence-electron chi connectivity index (χ2n) is 5.70. The molecule has 1 aliphatic rings. The Morgan fingerprint density at radius 2 is 1.95 bits per heavy atom. The highest BCUT2D eigenvalue weighted by Gasteiger charge is 2.17. The molecule has 0 fully saturated rings. The molecule has 4 heteroatoms. The summed E-state index contributed by atoms with van der Waals surface area (Å²) in [4.78, 5) is 2.40. The van der Waals surface area contributed by atoms with Crippen LogP contribution < -0.4 is 11.5 Å². The van der Waals surface area contributed by atoms with Gasteiger partial charge >= 0.3 is 0 Å². The average molecular weight is 283 g/mol. The number of anilines is 2. The predicted molar refractivity (Wildman–Crippen MR) is 86.1 cm³/mol. The van der Waals surface area contributed by atoms with Gasteiger partial charge in [-0.1, -0.05) is 12.1 Å². The molecule has 4 nitrogen and oxygen atoms in total. The summed E-state index contributed by atoms with van der Waals surface area (Å²) in [5.74, 6) is 0.187. The van der Waals surface area contributed by atoms with E-state index >= 15 is 0 Å². The van der Waals surface area contributed by atoms with Crippen LogP contribution in [0.25, 0.3) is 0 Å². The number of rotatable bonds is 3. The third kappa shape index (κ3) is 3.11. The summed E-state index contributed by atoms with van der Waals surface area (Å²) in [5.41, 5.74) is 16.6. The van der Waals surface area contributed by atoms with E-state index in [1.165, 1.54) is 16.7 Å². The van der Waals surface area contributed by atoms with Crippen molar-refractivity contribution in [3.8, 4) is 5.75 Å². The van der Waals surface area contributed by atoms with Crippen molar-refractivity contribution in [2.45, 2.75) is 19.4 Å². The first kappa shape index (κ1) is 13.8. The van der Waals surface area contributed by atoms with Crippen molar-refractivity contribution in [3.05, 3.63) is 53.1 Å². The molecule has 0 radical (unpaired) electrons. The van der Waals surface area contributed by atoms with E-state index in [1.54, 1.807) is 6.07 Å². The second kappa shape index (κ2) is 5.66. The summed E-state index contributed by atoms with van der Waals surface area (Å²) in [5, 5.41) is 9.74. The van der Waals surface area contributed by atoms with Crippen molar-refractivity contribution in [1.29, 1.82) is 0 Å². The fraction of sp³-hybridized carbons (Fsp3) is 0.294. The van der Waals surface area contributed by atoms with Crippen LogP contribution in [0.4, 0.5) is 11.4 Å². The molecule has 110 valence electrons. The minimum absolute atomic E-state index is 0.187. The molecular weight excluding hydrogens is 262 g/mol. The standard InChI is InChI=1S/C17H21N3O/c18-15-3-1-2-12(8-15)4-6-20-7-5-13-9-16(19)17(21)10-14(13)11-20/h1-3,8-10,21H,4-7,11,18-19H2. The monoisotopic (exact) mass is 283 g/mol. The van der Waals surface area contributed by atoms with Crippen molar-refractivity contribution >= 4 is 11.4 Å². The quantitative estimate of drug-likeness (QED) is 0.596. The summed E-state index contributed by atoms with van der Waals surface area (Å²) < 4.78 is 0. The molecule has 0 bridgehead atoms. The van der Waals surface area contributed by atoms with Gasteiger partial charge in [-0.2, -0.15) is 0 Å². The molecule has 1 heterocycles. The summed E-state index contributed by atoms with van der Waals surface area (Å²) >= 11 is 0. The number of nitrogen functional groups attached to an aromatic ring is 2. The Labute approximate surface area is 125 Å². The van der Waals surface area contributed by atoms with Crippen LogP contribution in [-0.4, -0.2) is 23.1 Å². The number of hydrogen-bond acceptors (Lipinski definition) is 4. The fourth-order valence-corrected chi connectivity index (χ4v) is 2.90. The number of phenolic OH excluding ortho intramolecular Hbond substituents is 1. The SMILES string of the molecule is Nc1cccc(CCN2CCc3cc(N)c(O)cc3C2)c1. The fourth-order valence-electron chi connectivity index (χ4n) is 2.90. The molecule has 0 saturated carbocycles. The van der Waals surface area contributed by atoms with Crippen molar-refractivity contribution in [2.75, 3.05) is 24.6 Å². The maximum absolute atomic E-state index is 9.74. The van der Waals surface area contributed by atoms with Gasteiger partial charge in [0.1, 0.15) is 5.75 Å². The lowest BCUT2D eigenvalue weighted by molar-refractivity contribution is 0.257. The average Bonchev–Trinajstić information content (AvgIpc) is 2.46. The second-order valence-corrected chi connectivity index (χ2v) is 5.70. The van der Waals surface area contributed by atoms with Gasteiger partial charge in [-0.3, -0.25) is 4.90 Å². The van der Waals surface area contributed by atoms with Crippen LogP contribution in [0.15, 0.2) is 36.4 Å². The van der Waals surface area contributed by atoms with Gasteiger partial charge in [0.2, 0.25) is 0 Å². The lowest BCUT2D eigenvalue weighted by Crippen LogP contribution is -2.32. The summed E-state index contributed by atoms with van der Waals surface area (Å²) in [6.45, 7) is 2.89. The first-order valence-corrected chi connectivity index (χ1v) is 7.29. The van der Waals surface area contributed by atoms with Crippen LogP contribution in [0.5, 0.6) is 5.75 Å². The maximum Gasteiger partial charge on any atom is 0.138 e. The Balaban J connectivity index is 1.65. The van der Waals surface area contributed by atoms with Gasteiger partial charge in [-0.25, -0.2) is 0 Å². The smallest absolute Gasteiger partial charge is 0.138 e. The van der Waals surface area contributed by atoms with E-state index in [0.717, 1.165) is 38.2 Å². The first-order chi connectivity index (χ1) is 10.1. The third-order valence-electron chi connectivity index (χ3n) is 4.11.